The standard InChI is InChI=1S/C11H10BrFN4S/c1-5-15-6(2)17(16-5)8-4-3-7(11(14)18)9(12)10(8)13/h3-4H,1-2H3,(H2,14,18). The number of aryl methyl sites for hydroxylation is 2. The van der Waals surface area contributed by atoms with Crippen molar-refractivity contribution in [3.05, 3.63) is 39.6 Å². The Labute approximate surface area is 117 Å². The number of benzene rings is 1. The first-order valence-electron chi connectivity index (χ1n) is 5.10. The molecule has 0 amide bonds. The average Bonchev–Trinajstić information content (AvgIpc) is 2.61. The summed E-state index contributed by atoms with van der Waals surface area (Å²) < 4.78 is 15.9. The van der Waals surface area contributed by atoms with Crippen LogP contribution in [-0.2, 0) is 0 Å². The van der Waals surface area contributed by atoms with E-state index < -0.39 is 5.82 Å². The van der Waals surface area contributed by atoms with Gasteiger partial charge in [0.2, 0.25) is 0 Å². The molecule has 2 aromatic rings. The minimum Gasteiger partial charge on any atom is -0.389 e. The Morgan fingerprint density at radius 2 is 2.11 bits per heavy atom. The summed E-state index contributed by atoms with van der Waals surface area (Å²) in [5.41, 5.74) is 6.27. The molecule has 0 spiro atoms. The molecule has 0 fully saturated rings. The van der Waals surface area contributed by atoms with Crippen LogP contribution in [0.15, 0.2) is 16.6 Å². The molecule has 0 saturated heterocycles. The van der Waals surface area contributed by atoms with E-state index in [9.17, 15) is 4.39 Å². The van der Waals surface area contributed by atoms with Crippen molar-refractivity contribution in [2.24, 2.45) is 5.73 Å². The lowest BCUT2D eigenvalue weighted by Crippen LogP contribution is -2.12. The van der Waals surface area contributed by atoms with E-state index in [2.05, 4.69) is 26.0 Å². The average molecular weight is 329 g/mol. The van der Waals surface area contributed by atoms with E-state index in [1.807, 2.05) is 0 Å². The molecule has 18 heavy (non-hydrogen) atoms. The van der Waals surface area contributed by atoms with Gasteiger partial charge < -0.3 is 5.73 Å². The van der Waals surface area contributed by atoms with Gasteiger partial charge in [0.25, 0.3) is 0 Å². The molecule has 7 heteroatoms. The molecule has 0 bridgehead atoms. The van der Waals surface area contributed by atoms with Crippen LogP contribution in [0.25, 0.3) is 5.69 Å². The Morgan fingerprint density at radius 3 is 2.61 bits per heavy atom. The fourth-order valence-electron chi connectivity index (χ4n) is 1.64. The fraction of sp³-hybridized carbons (Fsp3) is 0.182. The van der Waals surface area contributed by atoms with Gasteiger partial charge in [-0.1, -0.05) is 12.2 Å². The minimum atomic E-state index is -0.465. The summed E-state index contributed by atoms with van der Waals surface area (Å²) in [6, 6.07) is 3.23. The first-order chi connectivity index (χ1) is 8.41. The summed E-state index contributed by atoms with van der Waals surface area (Å²) >= 11 is 8.00. The van der Waals surface area contributed by atoms with Crippen LogP contribution in [0.3, 0.4) is 0 Å². The maximum absolute atomic E-state index is 14.2. The van der Waals surface area contributed by atoms with E-state index in [1.54, 1.807) is 26.0 Å². The van der Waals surface area contributed by atoms with Gasteiger partial charge in [0.1, 0.15) is 22.3 Å². The number of nitrogens with two attached hydrogens (primary N) is 1. The Kier molecular flexibility index (Phi) is 3.45. The van der Waals surface area contributed by atoms with Gasteiger partial charge in [-0.05, 0) is 41.9 Å². The van der Waals surface area contributed by atoms with E-state index >= 15 is 0 Å². The van der Waals surface area contributed by atoms with Gasteiger partial charge >= 0.3 is 0 Å². The molecule has 2 N–H and O–H groups in total. The Morgan fingerprint density at radius 1 is 1.44 bits per heavy atom. The second-order valence-corrected chi connectivity index (χ2v) is 4.98. The van der Waals surface area contributed by atoms with Gasteiger partial charge in [0.05, 0.1) is 4.47 Å². The summed E-state index contributed by atoms with van der Waals surface area (Å²) in [6.07, 6.45) is 0. The summed E-state index contributed by atoms with van der Waals surface area (Å²) in [6.45, 7) is 3.51. The van der Waals surface area contributed by atoms with E-state index in [0.717, 1.165) is 0 Å². The Bertz CT molecular complexity index is 638. The third kappa shape index (κ3) is 2.15. The van der Waals surface area contributed by atoms with Crippen LogP contribution in [0.1, 0.15) is 17.2 Å². The maximum atomic E-state index is 14.2. The first-order valence-corrected chi connectivity index (χ1v) is 6.30. The maximum Gasteiger partial charge on any atom is 0.163 e. The van der Waals surface area contributed by atoms with E-state index in [4.69, 9.17) is 18.0 Å². The fourth-order valence-corrected chi connectivity index (χ4v) is 2.49. The summed E-state index contributed by atoms with van der Waals surface area (Å²) in [7, 11) is 0. The number of hydrogen-bond acceptors (Lipinski definition) is 3. The van der Waals surface area contributed by atoms with Crippen LogP contribution in [0.5, 0.6) is 0 Å². The van der Waals surface area contributed by atoms with Crippen LogP contribution in [0.2, 0.25) is 0 Å². The van der Waals surface area contributed by atoms with Crippen LogP contribution in [-0.4, -0.2) is 19.8 Å². The van der Waals surface area contributed by atoms with E-state index in [0.29, 0.717) is 22.9 Å². The molecule has 0 saturated carbocycles. The summed E-state index contributed by atoms with van der Waals surface area (Å²) in [5, 5.41) is 4.14. The molecule has 2 rings (SSSR count). The SMILES string of the molecule is Cc1nc(C)n(-c2ccc(C(N)=S)c(Br)c2F)n1. The first kappa shape index (κ1) is 13.1. The molecule has 94 valence electrons. The van der Waals surface area contributed by atoms with Gasteiger partial charge in [0, 0.05) is 5.56 Å². The molecule has 0 aliphatic heterocycles. The molecule has 4 nitrogen and oxygen atoms in total. The number of nitrogens with zero attached hydrogens (tertiary/aromatic N) is 3. The number of halogens is 2. The zero-order valence-corrected chi connectivity index (χ0v) is 12.1. The van der Waals surface area contributed by atoms with Gasteiger partial charge in [-0.2, -0.15) is 5.10 Å². The highest BCUT2D eigenvalue weighted by molar-refractivity contribution is 9.10. The summed E-state index contributed by atoms with van der Waals surface area (Å²) in [5.74, 6) is 0.733. The predicted molar refractivity (Wildman–Crippen MR) is 74.4 cm³/mol. The number of thiocarbonyl (C=S) groups is 1. The van der Waals surface area contributed by atoms with Crippen LogP contribution >= 0.6 is 28.1 Å². The van der Waals surface area contributed by atoms with Gasteiger partial charge in [-0.3, -0.25) is 0 Å². The summed E-state index contributed by atoms with van der Waals surface area (Å²) in [4.78, 5) is 4.27. The number of aromatic nitrogens is 3. The van der Waals surface area contributed by atoms with Crippen molar-refractivity contribution in [1.29, 1.82) is 0 Å². The topological polar surface area (TPSA) is 56.7 Å². The van der Waals surface area contributed by atoms with Gasteiger partial charge in [-0.25, -0.2) is 14.1 Å². The number of hydrogen-bond donors (Lipinski definition) is 1. The van der Waals surface area contributed by atoms with Crippen molar-refractivity contribution in [2.45, 2.75) is 13.8 Å². The van der Waals surface area contributed by atoms with E-state index in [1.165, 1.54) is 4.68 Å². The monoisotopic (exact) mass is 328 g/mol. The lowest BCUT2D eigenvalue weighted by atomic mass is 10.2. The van der Waals surface area contributed by atoms with Crippen molar-refractivity contribution in [2.75, 3.05) is 0 Å². The third-order valence-corrected chi connectivity index (χ3v) is 3.43. The molecule has 0 unspecified atom stereocenters. The number of rotatable bonds is 2. The van der Waals surface area contributed by atoms with Crippen molar-refractivity contribution >= 4 is 33.1 Å². The Hall–Kier alpha value is -1.34. The largest absolute Gasteiger partial charge is 0.389 e. The molecule has 1 aromatic carbocycles. The second-order valence-electron chi connectivity index (χ2n) is 3.74. The normalized spacial score (nSPS) is 10.7. The van der Waals surface area contributed by atoms with Gasteiger partial charge in [-0.15, -0.1) is 0 Å². The lowest BCUT2D eigenvalue weighted by molar-refractivity contribution is 0.601. The molecule has 1 heterocycles. The van der Waals surface area contributed by atoms with Crippen LogP contribution < -0.4 is 5.73 Å². The smallest absolute Gasteiger partial charge is 0.163 e. The zero-order valence-electron chi connectivity index (χ0n) is 9.74. The lowest BCUT2D eigenvalue weighted by Gasteiger charge is -2.09. The molecule has 0 atom stereocenters. The van der Waals surface area contributed by atoms with Crippen LogP contribution in [0, 0.1) is 19.7 Å². The third-order valence-electron chi connectivity index (χ3n) is 2.43. The molecule has 0 radical (unpaired) electrons. The molecular weight excluding hydrogens is 319 g/mol. The zero-order chi connectivity index (χ0) is 13.4. The Balaban J connectivity index is 2.64. The van der Waals surface area contributed by atoms with Crippen molar-refractivity contribution in [3.8, 4) is 5.69 Å². The minimum absolute atomic E-state index is 0.138. The highest BCUT2D eigenvalue weighted by Gasteiger charge is 2.16. The molecule has 0 aliphatic carbocycles. The quantitative estimate of drug-likeness (QED) is 0.860. The van der Waals surface area contributed by atoms with Crippen molar-refractivity contribution in [1.82, 2.24) is 14.8 Å². The highest BCUT2D eigenvalue weighted by atomic mass is 79.9. The van der Waals surface area contributed by atoms with E-state index in [-0.39, 0.29) is 9.46 Å². The molecule has 1 aromatic heterocycles. The van der Waals surface area contributed by atoms with Crippen LogP contribution in [0.4, 0.5) is 4.39 Å². The van der Waals surface area contributed by atoms with Gasteiger partial charge in [0.15, 0.2) is 5.82 Å². The predicted octanol–water partition coefficient (Wildman–Crippen LogP) is 2.42. The highest BCUT2D eigenvalue weighted by Crippen LogP contribution is 2.26. The molecule has 0 aliphatic rings. The van der Waals surface area contributed by atoms with Crippen molar-refractivity contribution in [3.63, 3.8) is 0 Å². The second kappa shape index (κ2) is 4.74. The van der Waals surface area contributed by atoms with Crippen molar-refractivity contribution < 1.29 is 4.39 Å². The molecular formula is C11H10BrFN4S.